The fraction of sp³-hybridized carbons (Fsp3) is 0.429. The summed E-state index contributed by atoms with van der Waals surface area (Å²) in [6.45, 7) is 5.38. The Hall–Kier alpha value is -2.24. The van der Waals surface area contributed by atoms with E-state index in [4.69, 9.17) is 10.2 Å². The molecule has 6 heteroatoms. The average Bonchev–Trinajstić information content (AvgIpc) is 2.25. The first-order chi connectivity index (χ1) is 9.04. The largest absolute Gasteiger partial charge is 0.508 e. The first kappa shape index (κ1) is 15.8. The van der Waals surface area contributed by atoms with Gasteiger partial charge in [0.15, 0.2) is 0 Å². The molecule has 6 nitrogen and oxygen atoms in total. The molecule has 0 aliphatic rings. The molecule has 0 saturated heterocycles. The van der Waals surface area contributed by atoms with Gasteiger partial charge in [-0.2, -0.15) is 0 Å². The molecule has 110 valence electrons. The third-order valence-corrected chi connectivity index (χ3v) is 2.96. The van der Waals surface area contributed by atoms with Crippen LogP contribution >= 0.6 is 0 Å². The minimum Gasteiger partial charge on any atom is -0.508 e. The predicted octanol–water partition coefficient (Wildman–Crippen LogP) is 1.65. The number of hydrogen-bond acceptors (Lipinski definition) is 4. The van der Waals surface area contributed by atoms with E-state index >= 15 is 0 Å². The van der Waals surface area contributed by atoms with Crippen LogP contribution in [0.3, 0.4) is 0 Å². The predicted molar refractivity (Wildman–Crippen MR) is 71.2 cm³/mol. The number of phenols is 2. The van der Waals surface area contributed by atoms with Crippen LogP contribution < -0.4 is 0 Å². The van der Waals surface area contributed by atoms with Gasteiger partial charge in [0.1, 0.15) is 11.5 Å². The number of rotatable bonds is 4. The molecular weight excluding hydrogens is 264 g/mol. The topological polar surface area (TPSA) is 115 Å². The van der Waals surface area contributed by atoms with E-state index in [1.165, 1.54) is 6.07 Å². The highest BCUT2D eigenvalue weighted by molar-refractivity contribution is 5.77. The van der Waals surface area contributed by atoms with Gasteiger partial charge in [-0.1, -0.05) is 20.8 Å². The zero-order valence-electron chi connectivity index (χ0n) is 11.6. The maximum Gasteiger partial charge on any atom is 0.307 e. The lowest BCUT2D eigenvalue weighted by Crippen LogP contribution is -2.15. The van der Waals surface area contributed by atoms with Gasteiger partial charge < -0.3 is 20.4 Å². The van der Waals surface area contributed by atoms with Crippen molar-refractivity contribution in [2.24, 2.45) is 0 Å². The van der Waals surface area contributed by atoms with Gasteiger partial charge in [0, 0.05) is 16.7 Å². The highest BCUT2D eigenvalue weighted by Crippen LogP contribution is 2.40. The fourth-order valence-corrected chi connectivity index (χ4v) is 2.01. The third kappa shape index (κ3) is 3.40. The van der Waals surface area contributed by atoms with Crippen molar-refractivity contribution in [2.75, 3.05) is 0 Å². The Balaban J connectivity index is 3.57. The number of hydrogen-bond donors (Lipinski definition) is 4. The normalized spacial score (nSPS) is 11.3. The van der Waals surface area contributed by atoms with Crippen molar-refractivity contribution < 1.29 is 30.0 Å². The van der Waals surface area contributed by atoms with E-state index in [1.54, 1.807) is 20.8 Å². The average molecular weight is 282 g/mol. The minimum atomic E-state index is -1.21. The van der Waals surface area contributed by atoms with Crippen molar-refractivity contribution in [1.82, 2.24) is 0 Å². The standard InChI is InChI=1S/C14H18O6/c1-14(2,3)9-6-10(15)7(4-11(16)17)8(13(9)20)5-12(18)19/h6,15,20H,4-5H2,1-3H3,(H,16,17)(H,18,19). The Morgan fingerprint density at radius 3 is 1.85 bits per heavy atom. The molecule has 4 N–H and O–H groups in total. The van der Waals surface area contributed by atoms with E-state index in [1.807, 2.05) is 0 Å². The van der Waals surface area contributed by atoms with Crippen LogP contribution in [-0.4, -0.2) is 32.4 Å². The molecule has 0 aliphatic heterocycles. The number of aliphatic carboxylic acids is 2. The summed E-state index contributed by atoms with van der Waals surface area (Å²) in [5.74, 6) is -3.01. The van der Waals surface area contributed by atoms with Crippen LogP contribution in [0.25, 0.3) is 0 Å². The zero-order chi connectivity index (χ0) is 15.7. The van der Waals surface area contributed by atoms with Crippen LogP contribution in [-0.2, 0) is 27.8 Å². The zero-order valence-corrected chi connectivity index (χ0v) is 11.6. The maximum absolute atomic E-state index is 10.9. The van der Waals surface area contributed by atoms with E-state index in [-0.39, 0.29) is 22.6 Å². The Bertz CT molecular complexity index is 554. The van der Waals surface area contributed by atoms with Crippen molar-refractivity contribution >= 4 is 11.9 Å². The highest BCUT2D eigenvalue weighted by atomic mass is 16.4. The van der Waals surface area contributed by atoms with E-state index in [0.717, 1.165) is 0 Å². The molecule has 0 aliphatic carbocycles. The molecule has 0 heterocycles. The van der Waals surface area contributed by atoms with Gasteiger partial charge in [-0.25, -0.2) is 0 Å². The Kier molecular flexibility index (Phi) is 4.27. The molecule has 20 heavy (non-hydrogen) atoms. The number of carboxylic acid groups (broad SMARTS) is 2. The molecule has 0 bridgehead atoms. The fourth-order valence-electron chi connectivity index (χ4n) is 2.01. The molecule has 0 amide bonds. The molecule has 0 aromatic heterocycles. The second-order valence-electron chi connectivity index (χ2n) is 5.64. The van der Waals surface area contributed by atoms with Crippen LogP contribution in [0.4, 0.5) is 0 Å². The molecule has 1 aromatic rings. The van der Waals surface area contributed by atoms with E-state index in [2.05, 4.69) is 0 Å². The number of carbonyl (C=O) groups is 2. The van der Waals surface area contributed by atoms with E-state index in [9.17, 15) is 19.8 Å². The van der Waals surface area contributed by atoms with Crippen molar-refractivity contribution in [3.05, 3.63) is 22.8 Å². The van der Waals surface area contributed by atoms with Gasteiger partial charge >= 0.3 is 11.9 Å². The smallest absolute Gasteiger partial charge is 0.307 e. The number of phenolic OH excluding ortho intramolecular Hbond substituents is 2. The lowest BCUT2D eigenvalue weighted by molar-refractivity contribution is -0.137. The first-order valence-corrected chi connectivity index (χ1v) is 6.04. The van der Waals surface area contributed by atoms with Crippen LogP contribution in [0, 0.1) is 0 Å². The second kappa shape index (κ2) is 5.40. The van der Waals surface area contributed by atoms with Crippen molar-refractivity contribution in [3.8, 4) is 11.5 Å². The van der Waals surface area contributed by atoms with E-state index in [0.29, 0.717) is 5.56 Å². The summed E-state index contributed by atoms with van der Waals surface area (Å²) in [5.41, 5.74) is -0.257. The molecule has 0 fully saturated rings. The van der Waals surface area contributed by atoms with Gasteiger partial charge in [-0.15, -0.1) is 0 Å². The van der Waals surface area contributed by atoms with Gasteiger partial charge in [0.25, 0.3) is 0 Å². The summed E-state index contributed by atoms with van der Waals surface area (Å²) in [5, 5.41) is 37.9. The molecule has 1 rings (SSSR count). The summed E-state index contributed by atoms with van der Waals surface area (Å²) >= 11 is 0. The SMILES string of the molecule is CC(C)(C)c1cc(O)c(CC(=O)O)c(CC(=O)O)c1O. The summed E-state index contributed by atoms with van der Waals surface area (Å²) in [7, 11) is 0. The number of carboxylic acids is 2. The van der Waals surface area contributed by atoms with E-state index < -0.39 is 30.2 Å². The Labute approximate surface area is 116 Å². The van der Waals surface area contributed by atoms with Gasteiger partial charge in [-0.05, 0) is 11.5 Å². The number of benzene rings is 1. The molecule has 0 atom stereocenters. The lowest BCUT2D eigenvalue weighted by Gasteiger charge is -2.24. The van der Waals surface area contributed by atoms with Gasteiger partial charge in [0.05, 0.1) is 12.8 Å². The van der Waals surface area contributed by atoms with Crippen molar-refractivity contribution in [2.45, 2.75) is 39.0 Å². The number of aromatic hydroxyl groups is 2. The second-order valence-corrected chi connectivity index (χ2v) is 5.64. The molecule has 0 radical (unpaired) electrons. The maximum atomic E-state index is 10.9. The third-order valence-electron chi connectivity index (χ3n) is 2.96. The van der Waals surface area contributed by atoms with Crippen molar-refractivity contribution in [3.63, 3.8) is 0 Å². The lowest BCUT2D eigenvalue weighted by atomic mass is 9.82. The first-order valence-electron chi connectivity index (χ1n) is 6.04. The monoisotopic (exact) mass is 282 g/mol. The van der Waals surface area contributed by atoms with Crippen LogP contribution in [0.15, 0.2) is 6.07 Å². The van der Waals surface area contributed by atoms with Gasteiger partial charge in [-0.3, -0.25) is 9.59 Å². The summed E-state index contributed by atoms with van der Waals surface area (Å²) < 4.78 is 0. The summed E-state index contributed by atoms with van der Waals surface area (Å²) in [6.07, 6.45) is -1.10. The molecule has 0 saturated carbocycles. The van der Waals surface area contributed by atoms with Crippen molar-refractivity contribution in [1.29, 1.82) is 0 Å². The Morgan fingerprint density at radius 2 is 1.45 bits per heavy atom. The van der Waals surface area contributed by atoms with Gasteiger partial charge in [0.2, 0.25) is 0 Å². The Morgan fingerprint density at radius 1 is 1.00 bits per heavy atom. The highest BCUT2D eigenvalue weighted by Gasteiger charge is 2.26. The van der Waals surface area contributed by atoms with Crippen LogP contribution in [0.1, 0.15) is 37.5 Å². The van der Waals surface area contributed by atoms with Crippen LogP contribution in [0.2, 0.25) is 0 Å². The van der Waals surface area contributed by atoms with Crippen LogP contribution in [0.5, 0.6) is 11.5 Å². The molecule has 0 unspecified atom stereocenters. The quantitative estimate of drug-likeness (QED) is 0.624. The minimum absolute atomic E-state index is 0.0511. The molecular formula is C14H18O6. The summed E-state index contributed by atoms with van der Waals surface area (Å²) in [6, 6.07) is 1.29. The summed E-state index contributed by atoms with van der Waals surface area (Å²) in [4.78, 5) is 21.7. The molecule has 1 aromatic carbocycles. The molecule has 0 spiro atoms.